The Morgan fingerprint density at radius 1 is 1.35 bits per heavy atom. The van der Waals surface area contributed by atoms with Crippen LogP contribution in [0, 0.1) is 0 Å². The van der Waals surface area contributed by atoms with Crippen LogP contribution < -0.4 is 10.2 Å². The summed E-state index contributed by atoms with van der Waals surface area (Å²) in [6, 6.07) is 0.565. The third kappa shape index (κ3) is 2.30. The molecule has 0 amide bonds. The van der Waals surface area contributed by atoms with Crippen molar-refractivity contribution in [3.05, 3.63) is 6.20 Å². The van der Waals surface area contributed by atoms with Crippen molar-refractivity contribution in [1.29, 1.82) is 0 Å². The van der Waals surface area contributed by atoms with Gasteiger partial charge in [0.1, 0.15) is 5.82 Å². The van der Waals surface area contributed by atoms with Gasteiger partial charge >= 0.3 is 0 Å². The first-order chi connectivity index (χ1) is 9.83. The molecule has 6 nitrogen and oxygen atoms in total. The van der Waals surface area contributed by atoms with E-state index in [2.05, 4.69) is 32.3 Å². The van der Waals surface area contributed by atoms with Crippen molar-refractivity contribution in [2.75, 3.05) is 23.8 Å². The number of anilines is 2. The molecule has 1 fully saturated rings. The highest BCUT2D eigenvalue weighted by molar-refractivity contribution is 5.87. The van der Waals surface area contributed by atoms with Gasteiger partial charge in [-0.05, 0) is 19.3 Å². The minimum Gasteiger partial charge on any atom is -0.357 e. The Kier molecular flexibility index (Phi) is 3.71. The number of nitrogens with one attached hydrogen (secondary N) is 2. The van der Waals surface area contributed by atoms with E-state index in [1.807, 2.05) is 13.2 Å². The molecular weight excluding hydrogens is 252 g/mol. The molecule has 108 valence electrons. The SMILES string of the molecule is CCC1CCCCCN1c1nc(NC)nc2[nH]ncc12. The molecule has 0 aliphatic carbocycles. The first-order valence-corrected chi connectivity index (χ1v) is 7.49. The van der Waals surface area contributed by atoms with Crippen LogP contribution in [0.2, 0.25) is 0 Å². The Hall–Kier alpha value is -1.85. The van der Waals surface area contributed by atoms with Crippen LogP contribution in [0.25, 0.3) is 11.0 Å². The van der Waals surface area contributed by atoms with Crippen molar-refractivity contribution in [2.24, 2.45) is 0 Å². The molecule has 1 saturated heterocycles. The fourth-order valence-corrected chi connectivity index (χ4v) is 3.03. The summed E-state index contributed by atoms with van der Waals surface area (Å²) in [7, 11) is 1.85. The molecule has 6 heteroatoms. The summed E-state index contributed by atoms with van der Waals surface area (Å²) in [5.74, 6) is 1.66. The lowest BCUT2D eigenvalue weighted by molar-refractivity contribution is 0.553. The number of H-pyrrole nitrogens is 1. The highest BCUT2D eigenvalue weighted by atomic mass is 15.3. The maximum atomic E-state index is 4.70. The lowest BCUT2D eigenvalue weighted by atomic mass is 10.1. The smallest absolute Gasteiger partial charge is 0.226 e. The number of aromatic nitrogens is 4. The number of hydrogen-bond acceptors (Lipinski definition) is 5. The molecule has 2 N–H and O–H groups in total. The minimum absolute atomic E-state index is 0.565. The molecule has 3 rings (SSSR count). The Balaban J connectivity index is 2.08. The summed E-state index contributed by atoms with van der Waals surface area (Å²) in [4.78, 5) is 11.6. The molecule has 0 spiro atoms. The van der Waals surface area contributed by atoms with Gasteiger partial charge in [-0.25, -0.2) is 0 Å². The predicted molar refractivity (Wildman–Crippen MR) is 81.1 cm³/mol. The van der Waals surface area contributed by atoms with Crippen LogP contribution in [0.4, 0.5) is 11.8 Å². The summed E-state index contributed by atoms with van der Waals surface area (Å²) < 4.78 is 0. The van der Waals surface area contributed by atoms with Crippen molar-refractivity contribution in [3.63, 3.8) is 0 Å². The van der Waals surface area contributed by atoms with E-state index >= 15 is 0 Å². The maximum absolute atomic E-state index is 4.70. The molecule has 20 heavy (non-hydrogen) atoms. The molecule has 1 aliphatic rings. The summed E-state index contributed by atoms with van der Waals surface area (Å²) in [5.41, 5.74) is 0.804. The Labute approximate surface area is 119 Å². The van der Waals surface area contributed by atoms with Crippen molar-refractivity contribution >= 4 is 22.8 Å². The lowest BCUT2D eigenvalue weighted by Gasteiger charge is -2.30. The molecule has 1 aliphatic heterocycles. The summed E-state index contributed by atoms with van der Waals surface area (Å²) in [5, 5.41) is 11.1. The highest BCUT2D eigenvalue weighted by Gasteiger charge is 2.23. The average Bonchev–Trinajstić information content (AvgIpc) is 2.82. The number of hydrogen-bond donors (Lipinski definition) is 2. The first-order valence-electron chi connectivity index (χ1n) is 7.49. The van der Waals surface area contributed by atoms with Gasteiger partial charge in [-0.1, -0.05) is 19.8 Å². The molecule has 0 saturated carbocycles. The van der Waals surface area contributed by atoms with Crippen LogP contribution in [0.3, 0.4) is 0 Å². The molecule has 0 bridgehead atoms. The highest BCUT2D eigenvalue weighted by Crippen LogP contribution is 2.30. The van der Waals surface area contributed by atoms with E-state index in [-0.39, 0.29) is 0 Å². The fraction of sp³-hybridized carbons (Fsp3) is 0.643. The lowest BCUT2D eigenvalue weighted by Crippen LogP contribution is -2.35. The molecule has 1 unspecified atom stereocenters. The summed E-state index contributed by atoms with van der Waals surface area (Å²) in [6.45, 7) is 3.33. The van der Waals surface area contributed by atoms with Gasteiger partial charge in [0.2, 0.25) is 5.95 Å². The van der Waals surface area contributed by atoms with Crippen LogP contribution in [-0.2, 0) is 0 Å². The molecule has 1 atom stereocenters. The van der Waals surface area contributed by atoms with Crippen LogP contribution in [-0.4, -0.2) is 39.8 Å². The number of aromatic amines is 1. The molecule has 0 radical (unpaired) electrons. The molecule has 2 aromatic heterocycles. The van der Waals surface area contributed by atoms with E-state index in [9.17, 15) is 0 Å². The third-order valence-electron chi connectivity index (χ3n) is 4.13. The quantitative estimate of drug-likeness (QED) is 0.900. The van der Waals surface area contributed by atoms with Gasteiger partial charge in [-0.2, -0.15) is 15.1 Å². The summed E-state index contributed by atoms with van der Waals surface area (Å²) >= 11 is 0. The van der Waals surface area contributed by atoms with E-state index < -0.39 is 0 Å². The van der Waals surface area contributed by atoms with Gasteiger partial charge in [-0.3, -0.25) is 5.10 Å². The van der Waals surface area contributed by atoms with Gasteiger partial charge in [0, 0.05) is 19.6 Å². The third-order valence-corrected chi connectivity index (χ3v) is 4.13. The predicted octanol–water partition coefficient (Wildman–Crippen LogP) is 2.55. The van der Waals surface area contributed by atoms with E-state index in [1.54, 1.807) is 0 Å². The number of nitrogens with zero attached hydrogens (tertiary/aromatic N) is 4. The monoisotopic (exact) mass is 274 g/mol. The van der Waals surface area contributed by atoms with Crippen molar-refractivity contribution in [1.82, 2.24) is 20.2 Å². The second kappa shape index (κ2) is 5.64. The second-order valence-corrected chi connectivity index (χ2v) is 5.36. The Morgan fingerprint density at radius 3 is 3.05 bits per heavy atom. The summed E-state index contributed by atoms with van der Waals surface area (Å²) in [6.07, 6.45) is 8.09. The van der Waals surface area contributed by atoms with Gasteiger partial charge in [0.15, 0.2) is 5.65 Å². The van der Waals surface area contributed by atoms with Crippen molar-refractivity contribution in [2.45, 2.75) is 45.1 Å². The average molecular weight is 274 g/mol. The van der Waals surface area contributed by atoms with Gasteiger partial charge in [0.05, 0.1) is 11.6 Å². The second-order valence-electron chi connectivity index (χ2n) is 5.36. The maximum Gasteiger partial charge on any atom is 0.226 e. The standard InChI is InChI=1S/C14H22N6/c1-3-10-7-5-4-6-8-20(10)13-11-9-16-19-12(11)17-14(15-2)18-13/h9-10H,3-8H2,1-2H3,(H2,15,16,17,18,19). The normalized spacial score (nSPS) is 20.1. The molecule has 3 heterocycles. The zero-order chi connectivity index (χ0) is 13.9. The topological polar surface area (TPSA) is 69.7 Å². The van der Waals surface area contributed by atoms with Gasteiger partial charge < -0.3 is 10.2 Å². The zero-order valence-corrected chi connectivity index (χ0v) is 12.2. The van der Waals surface area contributed by atoms with Crippen LogP contribution in [0.15, 0.2) is 6.20 Å². The van der Waals surface area contributed by atoms with E-state index in [1.165, 1.54) is 25.7 Å². The number of fused-ring (bicyclic) bond motifs is 1. The minimum atomic E-state index is 0.565. The Morgan fingerprint density at radius 2 is 2.25 bits per heavy atom. The van der Waals surface area contributed by atoms with E-state index in [0.717, 1.165) is 29.8 Å². The fourth-order valence-electron chi connectivity index (χ4n) is 3.03. The van der Waals surface area contributed by atoms with E-state index in [0.29, 0.717) is 12.0 Å². The zero-order valence-electron chi connectivity index (χ0n) is 12.2. The van der Waals surface area contributed by atoms with Gasteiger partial charge in [-0.15, -0.1) is 0 Å². The van der Waals surface area contributed by atoms with Crippen LogP contribution >= 0.6 is 0 Å². The van der Waals surface area contributed by atoms with E-state index in [4.69, 9.17) is 4.98 Å². The van der Waals surface area contributed by atoms with Crippen LogP contribution in [0.5, 0.6) is 0 Å². The van der Waals surface area contributed by atoms with Crippen molar-refractivity contribution in [3.8, 4) is 0 Å². The molecule has 2 aromatic rings. The molecule has 0 aromatic carbocycles. The number of rotatable bonds is 3. The largest absolute Gasteiger partial charge is 0.357 e. The van der Waals surface area contributed by atoms with Crippen LogP contribution in [0.1, 0.15) is 39.0 Å². The Bertz CT molecular complexity index is 578. The molecular formula is C14H22N6. The van der Waals surface area contributed by atoms with Gasteiger partial charge in [0.25, 0.3) is 0 Å². The van der Waals surface area contributed by atoms with Crippen molar-refractivity contribution < 1.29 is 0 Å². The first kappa shape index (κ1) is 13.1.